The van der Waals surface area contributed by atoms with Crippen molar-refractivity contribution in [2.45, 2.75) is 50.5 Å². The lowest BCUT2D eigenvalue weighted by molar-refractivity contribution is -0.136. The van der Waals surface area contributed by atoms with Gasteiger partial charge in [-0.25, -0.2) is 9.97 Å². The number of carbonyl (C=O) groups excluding carboxylic acids is 4. The first-order chi connectivity index (χ1) is 29.2. The minimum atomic E-state index is -2.70. The Morgan fingerprint density at radius 2 is 1.60 bits per heavy atom. The number of hydrogen-bond donors (Lipinski definition) is 1. The van der Waals surface area contributed by atoms with Crippen LogP contribution in [0.15, 0.2) is 91.5 Å². The highest BCUT2D eigenvalue weighted by atomic mass is 19.3. The van der Waals surface area contributed by atoms with Crippen molar-refractivity contribution >= 4 is 45.4 Å². The third kappa shape index (κ3) is 7.58. The molecule has 1 aliphatic carbocycles. The smallest absolute Gasteiger partial charge is 0.319 e. The number of pyridine rings is 3. The van der Waals surface area contributed by atoms with Gasteiger partial charge in [0, 0.05) is 60.3 Å². The zero-order chi connectivity index (χ0) is 41.3. The van der Waals surface area contributed by atoms with E-state index in [1.807, 2.05) is 18.2 Å². The number of ether oxygens (including phenoxy) is 4. The summed E-state index contributed by atoms with van der Waals surface area (Å²) >= 11 is 0. The highest BCUT2D eigenvalue weighted by Crippen LogP contribution is 2.36. The van der Waals surface area contributed by atoms with Crippen LogP contribution in [-0.4, -0.2) is 86.1 Å². The van der Waals surface area contributed by atoms with E-state index in [9.17, 15) is 28.0 Å². The predicted molar refractivity (Wildman–Crippen MR) is 210 cm³/mol. The molecular formula is C44H34F2N6O8. The van der Waals surface area contributed by atoms with Crippen molar-refractivity contribution in [3.63, 3.8) is 0 Å². The molecule has 14 nitrogen and oxygen atoms in total. The van der Waals surface area contributed by atoms with E-state index in [0.717, 1.165) is 20.6 Å². The summed E-state index contributed by atoms with van der Waals surface area (Å²) in [6.45, 7) is -2.19. The monoisotopic (exact) mass is 812 g/mol. The summed E-state index contributed by atoms with van der Waals surface area (Å²) in [5.41, 5.74) is 3.25. The number of amides is 4. The van der Waals surface area contributed by atoms with Crippen molar-refractivity contribution < 1.29 is 46.9 Å². The maximum atomic E-state index is 14.0. The van der Waals surface area contributed by atoms with Gasteiger partial charge in [0.25, 0.3) is 11.8 Å². The molecule has 4 amide bonds. The fraction of sp³-hybridized carbons (Fsp3) is 0.250. The molecule has 1 atom stereocenters. The average molecular weight is 813 g/mol. The van der Waals surface area contributed by atoms with Gasteiger partial charge in [0.15, 0.2) is 0 Å². The third-order valence-corrected chi connectivity index (χ3v) is 10.5. The molecule has 1 N–H and O–H groups in total. The summed E-state index contributed by atoms with van der Waals surface area (Å²) in [6, 6.07) is 17.7. The van der Waals surface area contributed by atoms with E-state index in [2.05, 4.69) is 32.1 Å². The predicted octanol–water partition coefficient (Wildman–Crippen LogP) is 5.88. The Morgan fingerprint density at radius 1 is 0.783 bits per heavy atom. The maximum Gasteiger partial charge on any atom is 0.319 e. The topological polar surface area (TPSA) is 164 Å². The highest BCUT2D eigenvalue weighted by molar-refractivity contribution is 6.23. The normalized spacial score (nSPS) is 18.6. The third-order valence-electron chi connectivity index (χ3n) is 10.5. The van der Waals surface area contributed by atoms with Gasteiger partial charge in [0.2, 0.25) is 17.7 Å². The number of hydrogen-bond acceptors (Lipinski definition) is 11. The van der Waals surface area contributed by atoms with Gasteiger partial charge in [-0.1, -0.05) is 18.1 Å². The minimum Gasteiger partial charge on any atom is -0.491 e. The van der Waals surface area contributed by atoms with Gasteiger partial charge in [0.05, 0.1) is 35.0 Å². The van der Waals surface area contributed by atoms with Crippen LogP contribution in [0, 0.1) is 11.8 Å². The van der Waals surface area contributed by atoms with Gasteiger partial charge in [-0.15, -0.1) is 0 Å². The summed E-state index contributed by atoms with van der Waals surface area (Å²) in [7, 11) is 0. The number of carbonyl (C=O) groups is 4. The molecule has 0 radical (unpaired) electrons. The second kappa shape index (κ2) is 16.2. The van der Waals surface area contributed by atoms with Crippen LogP contribution in [0.1, 0.15) is 58.6 Å². The molecule has 16 heteroatoms. The first kappa shape index (κ1) is 38.3. The molecular weight excluding hydrogens is 779 g/mol. The molecule has 302 valence electrons. The van der Waals surface area contributed by atoms with Gasteiger partial charge in [-0.05, 0) is 66.4 Å². The summed E-state index contributed by atoms with van der Waals surface area (Å²) in [4.78, 5) is 63.5. The second-order valence-electron chi connectivity index (χ2n) is 14.3. The Bertz CT molecular complexity index is 2720. The SMILES string of the molecule is O=C1CCC(N2C(=O)c3ccc(OCCOCC#Cc4ccc(O[C@H]5C[C@H](Oc6ccc(-c7ccc8c9cnccc9n(C(F)F)c8c7)cn6)C5)cn4)cc3C2=O)C(=O)N1. The fourth-order valence-electron chi connectivity index (χ4n) is 7.51. The Balaban J connectivity index is 0.691. The zero-order valence-corrected chi connectivity index (χ0v) is 31.7. The number of benzene rings is 2. The zero-order valence-electron chi connectivity index (χ0n) is 31.7. The first-order valence-electron chi connectivity index (χ1n) is 19.2. The molecule has 0 bridgehead atoms. The highest BCUT2D eigenvalue weighted by Gasteiger charge is 2.44. The Kier molecular flexibility index (Phi) is 10.3. The van der Waals surface area contributed by atoms with Crippen LogP contribution in [0.25, 0.3) is 32.9 Å². The van der Waals surface area contributed by atoms with Crippen LogP contribution in [-0.2, 0) is 14.3 Å². The van der Waals surface area contributed by atoms with Crippen LogP contribution in [0.2, 0.25) is 0 Å². The molecule has 2 aliphatic heterocycles. The number of fused-ring (bicyclic) bond motifs is 4. The van der Waals surface area contributed by atoms with E-state index in [4.69, 9.17) is 18.9 Å². The molecule has 2 fully saturated rings. The molecule has 1 saturated heterocycles. The molecule has 6 aromatic rings. The van der Waals surface area contributed by atoms with Crippen LogP contribution in [0.3, 0.4) is 0 Å². The lowest BCUT2D eigenvalue weighted by Gasteiger charge is -2.34. The number of alkyl halides is 2. The van der Waals surface area contributed by atoms with Crippen LogP contribution in [0.5, 0.6) is 17.4 Å². The second-order valence-corrected chi connectivity index (χ2v) is 14.3. The number of aromatic nitrogens is 4. The molecule has 4 aromatic heterocycles. The van der Waals surface area contributed by atoms with Crippen molar-refractivity contribution in [1.82, 2.24) is 29.7 Å². The van der Waals surface area contributed by atoms with E-state index in [1.165, 1.54) is 18.3 Å². The van der Waals surface area contributed by atoms with Gasteiger partial charge in [-0.3, -0.25) is 38.9 Å². The number of nitrogens with zero attached hydrogens (tertiary/aromatic N) is 5. The molecule has 0 spiro atoms. The van der Waals surface area contributed by atoms with E-state index in [-0.39, 0.29) is 56.0 Å². The lowest BCUT2D eigenvalue weighted by Crippen LogP contribution is -2.54. The van der Waals surface area contributed by atoms with Crippen molar-refractivity contribution in [2.75, 3.05) is 19.8 Å². The van der Waals surface area contributed by atoms with E-state index >= 15 is 0 Å². The van der Waals surface area contributed by atoms with Crippen molar-refractivity contribution in [3.8, 4) is 40.3 Å². The van der Waals surface area contributed by atoms with Gasteiger partial charge in [-0.2, -0.15) is 8.78 Å². The summed E-state index contributed by atoms with van der Waals surface area (Å²) in [5.74, 6) is 4.99. The Hall–Kier alpha value is -7.25. The average Bonchev–Trinajstić information content (AvgIpc) is 3.70. The van der Waals surface area contributed by atoms with Crippen molar-refractivity contribution in [1.29, 1.82) is 0 Å². The molecule has 6 heterocycles. The molecule has 9 rings (SSSR count). The molecule has 1 unspecified atom stereocenters. The number of rotatable bonds is 12. The quantitative estimate of drug-likeness (QED) is 0.0892. The molecule has 60 heavy (non-hydrogen) atoms. The summed E-state index contributed by atoms with van der Waals surface area (Å²) in [6.07, 6.45) is 7.76. The largest absolute Gasteiger partial charge is 0.491 e. The summed E-state index contributed by atoms with van der Waals surface area (Å²) < 4.78 is 52.4. The number of nitrogens with one attached hydrogen (secondary N) is 1. The lowest BCUT2D eigenvalue weighted by atomic mass is 9.92. The molecule has 1 saturated carbocycles. The van der Waals surface area contributed by atoms with E-state index in [1.54, 1.807) is 55.0 Å². The number of piperidine rings is 1. The number of imide groups is 2. The Morgan fingerprint density at radius 3 is 2.38 bits per heavy atom. The molecule has 2 aromatic carbocycles. The van der Waals surface area contributed by atoms with Gasteiger partial charge < -0.3 is 18.9 Å². The summed E-state index contributed by atoms with van der Waals surface area (Å²) in [5, 5.41) is 3.56. The van der Waals surface area contributed by atoms with Crippen LogP contribution >= 0.6 is 0 Å². The molecule has 3 aliphatic rings. The van der Waals surface area contributed by atoms with Gasteiger partial charge >= 0.3 is 6.55 Å². The van der Waals surface area contributed by atoms with Crippen molar-refractivity contribution in [2.24, 2.45) is 0 Å². The maximum absolute atomic E-state index is 14.0. The fourth-order valence-corrected chi connectivity index (χ4v) is 7.51. The number of halogens is 2. The Labute approximate surface area is 340 Å². The minimum absolute atomic E-state index is 0.0422. The van der Waals surface area contributed by atoms with E-state index in [0.29, 0.717) is 57.7 Å². The van der Waals surface area contributed by atoms with E-state index < -0.39 is 36.2 Å². The van der Waals surface area contributed by atoms with Gasteiger partial charge in [0.1, 0.15) is 48.7 Å². The van der Waals surface area contributed by atoms with Crippen LogP contribution in [0.4, 0.5) is 8.78 Å². The van der Waals surface area contributed by atoms with Crippen molar-refractivity contribution in [3.05, 3.63) is 108 Å². The first-order valence-corrected chi connectivity index (χ1v) is 19.2. The standard InChI is InChI=1S/C44H34F2N6O8/c45-44(46)51-36-13-14-47-24-35(36)32-8-3-25(18-38(32)51)26-4-12-40(49-22-26)60-31-19-30(20-31)59-29-6-5-27(48-23-29)2-1-15-57-16-17-58-28-7-9-33-34(21-28)43(56)52(42(33)55)37-10-11-39(53)50-41(37)54/h3-9,12-14,18,21-24,30-31,37,44H,10-11,15-17,19-20H2,(H,50,53,54)/t30-,31-,37?. The van der Waals surface area contributed by atoms with Crippen LogP contribution < -0.4 is 19.5 Å².